The molecule has 12 atom stereocenters. The summed E-state index contributed by atoms with van der Waals surface area (Å²) in [6, 6.07) is 14.7. The Morgan fingerprint density at radius 3 is 2.14 bits per heavy atom. The molecule has 0 aromatic heterocycles. The number of benzene rings is 2. The van der Waals surface area contributed by atoms with Crippen molar-refractivity contribution in [1.82, 2.24) is 5.32 Å². The van der Waals surface area contributed by atoms with Crippen LogP contribution in [0.5, 0.6) is 0 Å². The summed E-state index contributed by atoms with van der Waals surface area (Å²) >= 11 is 0. The third-order valence-electron chi connectivity index (χ3n) is 13.1. The van der Waals surface area contributed by atoms with Crippen LogP contribution in [-0.2, 0) is 42.9 Å². The molecule has 15 heteroatoms. The molecule has 4 N–H and O–H groups in total. The summed E-state index contributed by atoms with van der Waals surface area (Å²) in [6.07, 6.45) is -9.24. The number of hydrogen-bond donors (Lipinski definition) is 4. The van der Waals surface area contributed by atoms with Crippen LogP contribution in [0.2, 0.25) is 0 Å². The van der Waals surface area contributed by atoms with E-state index >= 15 is 0 Å². The maximum Gasteiger partial charge on any atom is 0.408 e. The standard InChI is InChI=1S/C44H55NO14/c1-23(46)21-56-43-22-55-29(43)19-28(47)42(8)34(43)36(58-37(51)26-17-13-10-14-18-26)44(54)20-27(24(2)30(41(44,6)7)32(48)35(42)50)57-38(52)33(49)31(25-15-11-9-12-16-25)45-39(53)59-40(3,4)5/h9-18,24,27-31,33-34,36,47,49,54H,19-22H2,1-8H3,(H,45,53)/t24?,27-,28-,29+,30?,31-,33+,34-,36-,42+,43-,44+/m0/s1. The molecule has 0 spiro atoms. The SMILES string of the molecule is CC(=O)CO[C@@]12CO[C@@H]1C[C@H](O)[C@@]1(C)C(=O)C(=O)C3C(C)[C@@H](OC(=O)[C@H](O)[C@@H](NC(=O)OC(C)(C)C)c4ccccc4)C[C@@](O)([C@@H](OC(=O)c4ccccc4)[C@H]21)C3(C)C. The van der Waals surface area contributed by atoms with Gasteiger partial charge >= 0.3 is 18.0 Å². The van der Waals surface area contributed by atoms with E-state index in [-0.39, 0.29) is 24.4 Å². The first-order valence-corrected chi connectivity index (χ1v) is 19.9. The van der Waals surface area contributed by atoms with Crippen LogP contribution in [0, 0.1) is 28.6 Å². The minimum absolute atomic E-state index is 0.0906. The number of fused-ring (bicyclic) bond motifs is 5. The molecule has 1 amide bonds. The summed E-state index contributed by atoms with van der Waals surface area (Å²) in [7, 11) is 0. The van der Waals surface area contributed by atoms with Gasteiger partial charge in [0.25, 0.3) is 0 Å². The molecule has 3 saturated carbocycles. The van der Waals surface area contributed by atoms with E-state index in [2.05, 4.69) is 5.32 Å². The summed E-state index contributed by atoms with van der Waals surface area (Å²) in [6.45, 7) is 11.6. The zero-order chi connectivity index (χ0) is 43.5. The Morgan fingerprint density at radius 2 is 1.58 bits per heavy atom. The third kappa shape index (κ3) is 7.60. The van der Waals surface area contributed by atoms with E-state index in [4.69, 9.17) is 23.7 Å². The Balaban J connectivity index is 1.46. The van der Waals surface area contributed by atoms with Gasteiger partial charge in [-0.1, -0.05) is 69.3 Å². The molecule has 4 aliphatic rings. The van der Waals surface area contributed by atoms with Crippen LogP contribution < -0.4 is 5.32 Å². The first-order valence-electron chi connectivity index (χ1n) is 19.9. The van der Waals surface area contributed by atoms with Gasteiger partial charge in [0.15, 0.2) is 11.9 Å². The number of ether oxygens (including phenoxy) is 5. The number of nitrogens with one attached hydrogen (secondary N) is 1. The molecular weight excluding hydrogens is 766 g/mol. The van der Waals surface area contributed by atoms with Crippen molar-refractivity contribution in [3.05, 3.63) is 71.8 Å². The van der Waals surface area contributed by atoms with Crippen LogP contribution in [0.25, 0.3) is 0 Å². The van der Waals surface area contributed by atoms with Gasteiger partial charge in [-0.15, -0.1) is 0 Å². The third-order valence-corrected chi connectivity index (χ3v) is 13.1. The molecule has 15 nitrogen and oxygen atoms in total. The molecular formula is C44H55NO14. The van der Waals surface area contributed by atoms with Gasteiger partial charge in [0, 0.05) is 36.0 Å². The fraction of sp³-hybridized carbons (Fsp3) is 0.591. The van der Waals surface area contributed by atoms with Gasteiger partial charge in [-0.2, -0.15) is 0 Å². The first-order chi connectivity index (χ1) is 27.5. The molecule has 1 aliphatic heterocycles. The number of ketones is 3. The Hall–Kier alpha value is -4.54. The lowest BCUT2D eigenvalue weighted by Crippen LogP contribution is -2.82. The van der Waals surface area contributed by atoms with Gasteiger partial charge in [0.1, 0.15) is 35.6 Å². The van der Waals surface area contributed by atoms with E-state index in [1.165, 1.54) is 26.0 Å². The lowest BCUT2D eigenvalue weighted by atomic mass is 9.42. The smallest absolute Gasteiger partial charge is 0.408 e. The number of aliphatic hydroxyl groups excluding tert-OH is 2. The van der Waals surface area contributed by atoms with Gasteiger partial charge in [-0.3, -0.25) is 14.4 Å². The van der Waals surface area contributed by atoms with E-state index in [1.54, 1.807) is 90.1 Å². The van der Waals surface area contributed by atoms with E-state index < -0.39 is 125 Å². The predicted octanol–water partition coefficient (Wildman–Crippen LogP) is 3.45. The highest BCUT2D eigenvalue weighted by Crippen LogP contribution is 2.64. The van der Waals surface area contributed by atoms with Crippen LogP contribution in [0.15, 0.2) is 60.7 Å². The topological polar surface area (TPSA) is 221 Å². The Morgan fingerprint density at radius 1 is 0.966 bits per heavy atom. The van der Waals surface area contributed by atoms with Gasteiger partial charge in [0.05, 0.1) is 35.8 Å². The summed E-state index contributed by atoms with van der Waals surface area (Å²) in [5, 5.41) is 39.5. The van der Waals surface area contributed by atoms with E-state index in [1.807, 2.05) is 0 Å². The summed E-state index contributed by atoms with van der Waals surface area (Å²) in [5.74, 6) is -8.35. The molecule has 59 heavy (non-hydrogen) atoms. The van der Waals surface area contributed by atoms with Crippen LogP contribution in [0.1, 0.15) is 90.2 Å². The normalized spacial score (nSPS) is 34.6. The molecule has 0 radical (unpaired) electrons. The number of carbonyl (C=O) groups is 6. The quantitative estimate of drug-likeness (QED) is 0.153. The minimum atomic E-state index is -2.33. The zero-order valence-electron chi connectivity index (χ0n) is 34.6. The molecule has 1 saturated heterocycles. The zero-order valence-corrected chi connectivity index (χ0v) is 34.6. The van der Waals surface area contributed by atoms with Gasteiger partial charge in [-0.05, 0) is 52.3 Å². The maximum absolute atomic E-state index is 15.0. The molecule has 2 unspecified atom stereocenters. The number of aliphatic hydroxyl groups is 3. The van der Waals surface area contributed by atoms with Crippen molar-refractivity contribution in [2.75, 3.05) is 13.2 Å². The van der Waals surface area contributed by atoms with Crippen molar-refractivity contribution in [2.45, 2.75) is 122 Å². The predicted molar refractivity (Wildman–Crippen MR) is 207 cm³/mol. The highest BCUT2D eigenvalue weighted by atomic mass is 16.6. The summed E-state index contributed by atoms with van der Waals surface area (Å²) in [4.78, 5) is 83.4. The van der Waals surface area contributed by atoms with Crippen LogP contribution in [-0.4, -0.2) is 111 Å². The number of esters is 2. The number of hydrogen-bond acceptors (Lipinski definition) is 14. The number of rotatable bonds is 10. The van der Waals surface area contributed by atoms with Crippen molar-refractivity contribution in [2.24, 2.45) is 28.6 Å². The number of carbonyl (C=O) groups excluding carboxylic acids is 6. The molecule has 3 aliphatic carbocycles. The highest BCUT2D eigenvalue weighted by Gasteiger charge is 2.78. The fourth-order valence-electron chi connectivity index (χ4n) is 9.90. The molecule has 2 bridgehead atoms. The van der Waals surface area contributed by atoms with Crippen LogP contribution >= 0.6 is 0 Å². The molecule has 4 fully saturated rings. The number of alkyl carbamates (subject to hydrolysis) is 1. The van der Waals surface area contributed by atoms with Gasteiger partial charge in [0.2, 0.25) is 11.6 Å². The van der Waals surface area contributed by atoms with Crippen molar-refractivity contribution >= 4 is 35.4 Å². The number of amides is 1. The molecule has 2 aromatic rings. The molecule has 6 rings (SSSR count). The van der Waals surface area contributed by atoms with Crippen molar-refractivity contribution in [3.8, 4) is 0 Å². The second-order valence-electron chi connectivity index (χ2n) is 18.3. The van der Waals surface area contributed by atoms with E-state index in [9.17, 15) is 44.1 Å². The summed E-state index contributed by atoms with van der Waals surface area (Å²) in [5.41, 5.74) is -8.06. The minimum Gasteiger partial charge on any atom is -0.460 e. The lowest BCUT2D eigenvalue weighted by molar-refractivity contribution is -0.358. The molecule has 320 valence electrons. The Bertz CT molecular complexity index is 1960. The number of Topliss-reactive ketones (excluding diaryl/α,β-unsaturated/α-hetero) is 3. The maximum atomic E-state index is 15.0. The van der Waals surface area contributed by atoms with Crippen molar-refractivity contribution < 1.29 is 67.8 Å². The van der Waals surface area contributed by atoms with E-state index in [0.29, 0.717) is 5.56 Å². The van der Waals surface area contributed by atoms with Gasteiger partial charge in [-0.25, -0.2) is 14.4 Å². The Kier molecular flexibility index (Phi) is 11.8. The largest absolute Gasteiger partial charge is 0.460 e. The van der Waals surface area contributed by atoms with Crippen LogP contribution in [0.4, 0.5) is 4.79 Å². The second-order valence-corrected chi connectivity index (χ2v) is 18.3. The summed E-state index contributed by atoms with van der Waals surface area (Å²) < 4.78 is 30.0. The highest BCUT2D eigenvalue weighted by molar-refractivity contribution is 6.40. The van der Waals surface area contributed by atoms with Crippen molar-refractivity contribution in [1.29, 1.82) is 0 Å². The average molecular weight is 822 g/mol. The molecule has 1 heterocycles. The Labute approximate surface area is 343 Å². The average Bonchev–Trinajstić information content (AvgIpc) is 3.16. The van der Waals surface area contributed by atoms with Crippen LogP contribution in [0.3, 0.4) is 0 Å². The lowest BCUT2D eigenvalue weighted by Gasteiger charge is -2.68. The molecule has 2 aromatic carbocycles. The van der Waals surface area contributed by atoms with E-state index in [0.717, 1.165) is 0 Å². The first kappa shape index (κ1) is 44.0. The fourth-order valence-corrected chi connectivity index (χ4v) is 9.90. The monoisotopic (exact) mass is 821 g/mol. The van der Waals surface area contributed by atoms with Crippen molar-refractivity contribution in [3.63, 3.8) is 0 Å². The van der Waals surface area contributed by atoms with Gasteiger partial charge < -0.3 is 44.3 Å². The second kappa shape index (κ2) is 15.8.